The van der Waals surface area contributed by atoms with Crippen molar-refractivity contribution in [2.45, 2.75) is 13.3 Å². The van der Waals surface area contributed by atoms with Crippen LogP contribution in [0.5, 0.6) is 5.75 Å². The third-order valence-corrected chi connectivity index (χ3v) is 2.19. The molecule has 15 heavy (non-hydrogen) atoms. The highest BCUT2D eigenvalue weighted by molar-refractivity contribution is 5.33. The molecule has 0 heterocycles. The Hall–Kier alpha value is -1.28. The van der Waals surface area contributed by atoms with E-state index in [4.69, 9.17) is 4.74 Å². The molecular formula is C13H19NO. The van der Waals surface area contributed by atoms with Gasteiger partial charge in [-0.1, -0.05) is 30.4 Å². The molecule has 0 radical (unpaired) electrons. The number of benzene rings is 1. The summed E-state index contributed by atoms with van der Waals surface area (Å²) in [5, 5.41) is 3.33. The Morgan fingerprint density at radius 2 is 2.13 bits per heavy atom. The Kier molecular flexibility index (Phi) is 4.91. The molecule has 1 rings (SSSR count). The van der Waals surface area contributed by atoms with E-state index in [9.17, 15) is 0 Å². The van der Waals surface area contributed by atoms with Crippen LogP contribution in [0.3, 0.4) is 0 Å². The fraction of sp³-hybridized carbons (Fsp3) is 0.385. The molecule has 2 heteroatoms. The zero-order chi connectivity index (χ0) is 11.1. The van der Waals surface area contributed by atoms with Crippen LogP contribution < -0.4 is 10.1 Å². The van der Waals surface area contributed by atoms with Gasteiger partial charge in [0.25, 0.3) is 0 Å². The van der Waals surface area contributed by atoms with E-state index < -0.39 is 0 Å². The molecule has 82 valence electrons. The Morgan fingerprint density at radius 1 is 1.40 bits per heavy atom. The molecule has 0 amide bonds. The third kappa shape index (κ3) is 4.17. The van der Waals surface area contributed by atoms with Gasteiger partial charge in [-0.3, -0.25) is 0 Å². The van der Waals surface area contributed by atoms with Gasteiger partial charge in [-0.2, -0.15) is 0 Å². The first-order valence-electron chi connectivity index (χ1n) is 5.21. The summed E-state index contributed by atoms with van der Waals surface area (Å²) < 4.78 is 5.28. The average Bonchev–Trinajstić information content (AvgIpc) is 2.24. The van der Waals surface area contributed by atoms with E-state index in [0.717, 1.165) is 30.8 Å². The topological polar surface area (TPSA) is 21.3 Å². The van der Waals surface area contributed by atoms with Crippen LogP contribution >= 0.6 is 0 Å². The molecule has 1 N–H and O–H groups in total. The van der Waals surface area contributed by atoms with Crippen molar-refractivity contribution in [3.8, 4) is 5.75 Å². The fourth-order valence-electron chi connectivity index (χ4n) is 1.43. The normalized spacial score (nSPS) is 10.0. The molecule has 2 nitrogen and oxygen atoms in total. The van der Waals surface area contributed by atoms with E-state index in [1.54, 1.807) is 7.11 Å². The van der Waals surface area contributed by atoms with E-state index in [2.05, 4.69) is 18.0 Å². The number of methoxy groups -OCH3 is 1. The molecule has 0 aliphatic carbocycles. The monoisotopic (exact) mass is 205 g/mol. The molecule has 0 aliphatic heterocycles. The molecule has 0 aromatic heterocycles. The number of ether oxygens (including phenoxy) is 1. The summed E-state index contributed by atoms with van der Waals surface area (Å²) in [6, 6.07) is 8.12. The van der Waals surface area contributed by atoms with E-state index >= 15 is 0 Å². The van der Waals surface area contributed by atoms with Gasteiger partial charge >= 0.3 is 0 Å². The summed E-state index contributed by atoms with van der Waals surface area (Å²) in [4.78, 5) is 0. The summed E-state index contributed by atoms with van der Waals surface area (Å²) in [7, 11) is 1.71. The molecule has 1 aromatic carbocycles. The molecule has 0 saturated carbocycles. The lowest BCUT2D eigenvalue weighted by Crippen LogP contribution is -2.19. The summed E-state index contributed by atoms with van der Waals surface area (Å²) in [5.41, 5.74) is 2.41. The largest absolute Gasteiger partial charge is 0.496 e. The molecule has 0 spiro atoms. The second-order valence-electron chi connectivity index (χ2n) is 3.70. The molecule has 0 atom stereocenters. The molecule has 0 saturated heterocycles. The van der Waals surface area contributed by atoms with Gasteiger partial charge in [-0.25, -0.2) is 0 Å². The first-order chi connectivity index (χ1) is 7.24. The second kappa shape index (κ2) is 6.25. The van der Waals surface area contributed by atoms with Gasteiger partial charge in [-0.15, -0.1) is 0 Å². The van der Waals surface area contributed by atoms with E-state index in [-0.39, 0.29) is 0 Å². The summed E-state index contributed by atoms with van der Waals surface area (Å²) in [6.07, 6.45) is 0.983. The Morgan fingerprint density at radius 3 is 2.80 bits per heavy atom. The predicted molar refractivity (Wildman–Crippen MR) is 64.4 cm³/mol. The third-order valence-electron chi connectivity index (χ3n) is 2.19. The standard InChI is InChI=1S/C13H19NO/c1-11(2)10-14-9-8-12-6-4-5-7-13(12)15-3/h4-7,14H,1,8-10H2,2-3H3. The van der Waals surface area contributed by atoms with Crippen molar-refractivity contribution in [2.24, 2.45) is 0 Å². The van der Waals surface area contributed by atoms with E-state index in [0.29, 0.717) is 0 Å². The number of rotatable bonds is 6. The zero-order valence-corrected chi connectivity index (χ0v) is 9.55. The predicted octanol–water partition coefficient (Wildman–Crippen LogP) is 2.40. The molecular weight excluding hydrogens is 186 g/mol. The molecule has 1 aromatic rings. The van der Waals surface area contributed by atoms with Crippen molar-refractivity contribution in [3.05, 3.63) is 42.0 Å². The summed E-state index contributed by atoms with van der Waals surface area (Å²) in [6.45, 7) is 7.71. The maximum absolute atomic E-state index is 5.28. The molecule has 0 aliphatic rings. The Labute approximate surface area is 92.0 Å². The lowest BCUT2D eigenvalue weighted by atomic mass is 10.1. The maximum Gasteiger partial charge on any atom is 0.122 e. The van der Waals surface area contributed by atoms with Gasteiger partial charge in [0.05, 0.1) is 7.11 Å². The van der Waals surface area contributed by atoms with Crippen LogP contribution in [0.2, 0.25) is 0 Å². The van der Waals surface area contributed by atoms with Crippen molar-refractivity contribution in [2.75, 3.05) is 20.2 Å². The molecule has 0 bridgehead atoms. The minimum atomic E-state index is 0.884. The highest BCUT2D eigenvalue weighted by atomic mass is 16.5. The van der Waals surface area contributed by atoms with Gasteiger partial charge in [0.2, 0.25) is 0 Å². The van der Waals surface area contributed by atoms with E-state index in [1.165, 1.54) is 5.56 Å². The van der Waals surface area contributed by atoms with Gasteiger partial charge in [0.15, 0.2) is 0 Å². The minimum Gasteiger partial charge on any atom is -0.496 e. The van der Waals surface area contributed by atoms with Crippen LogP contribution in [-0.4, -0.2) is 20.2 Å². The van der Waals surface area contributed by atoms with Crippen molar-refractivity contribution >= 4 is 0 Å². The zero-order valence-electron chi connectivity index (χ0n) is 9.55. The summed E-state index contributed by atoms with van der Waals surface area (Å²) in [5.74, 6) is 0.967. The number of nitrogens with one attached hydrogen (secondary N) is 1. The second-order valence-corrected chi connectivity index (χ2v) is 3.70. The van der Waals surface area contributed by atoms with Gasteiger partial charge in [0, 0.05) is 6.54 Å². The van der Waals surface area contributed by atoms with Crippen LogP contribution in [0.4, 0.5) is 0 Å². The number of hydrogen-bond acceptors (Lipinski definition) is 2. The van der Waals surface area contributed by atoms with Crippen molar-refractivity contribution in [1.82, 2.24) is 5.32 Å². The lowest BCUT2D eigenvalue weighted by Gasteiger charge is -2.08. The van der Waals surface area contributed by atoms with Crippen LogP contribution in [0.25, 0.3) is 0 Å². The van der Waals surface area contributed by atoms with E-state index in [1.807, 2.05) is 25.1 Å². The van der Waals surface area contributed by atoms with Gasteiger partial charge in [-0.05, 0) is 31.5 Å². The highest BCUT2D eigenvalue weighted by Crippen LogP contribution is 2.17. The van der Waals surface area contributed by atoms with Gasteiger partial charge in [0.1, 0.15) is 5.75 Å². The highest BCUT2D eigenvalue weighted by Gasteiger charge is 2.00. The number of para-hydroxylation sites is 1. The minimum absolute atomic E-state index is 0.884. The average molecular weight is 205 g/mol. The smallest absolute Gasteiger partial charge is 0.122 e. The van der Waals surface area contributed by atoms with Crippen LogP contribution in [0, 0.1) is 0 Å². The summed E-state index contributed by atoms with van der Waals surface area (Å²) >= 11 is 0. The van der Waals surface area contributed by atoms with Crippen molar-refractivity contribution in [3.63, 3.8) is 0 Å². The molecule has 0 fully saturated rings. The fourth-order valence-corrected chi connectivity index (χ4v) is 1.43. The van der Waals surface area contributed by atoms with Crippen molar-refractivity contribution < 1.29 is 4.74 Å². The first kappa shape index (κ1) is 11.8. The lowest BCUT2D eigenvalue weighted by molar-refractivity contribution is 0.409. The SMILES string of the molecule is C=C(C)CNCCc1ccccc1OC. The van der Waals surface area contributed by atoms with Crippen molar-refractivity contribution in [1.29, 1.82) is 0 Å². The van der Waals surface area contributed by atoms with Crippen LogP contribution in [0.15, 0.2) is 36.4 Å². The van der Waals surface area contributed by atoms with Gasteiger partial charge < -0.3 is 10.1 Å². The Bertz CT molecular complexity index is 320. The number of hydrogen-bond donors (Lipinski definition) is 1. The Balaban J connectivity index is 2.39. The molecule has 0 unspecified atom stereocenters. The quantitative estimate of drug-likeness (QED) is 0.569. The van der Waals surface area contributed by atoms with Crippen LogP contribution in [-0.2, 0) is 6.42 Å². The maximum atomic E-state index is 5.28. The van der Waals surface area contributed by atoms with Crippen LogP contribution in [0.1, 0.15) is 12.5 Å². The first-order valence-corrected chi connectivity index (χ1v) is 5.21.